The van der Waals surface area contributed by atoms with Gasteiger partial charge in [-0.3, -0.25) is 9.59 Å². The van der Waals surface area contributed by atoms with E-state index in [0.29, 0.717) is 11.4 Å². The van der Waals surface area contributed by atoms with Gasteiger partial charge in [0.2, 0.25) is 0 Å². The maximum atomic E-state index is 12.4. The number of furan rings is 1. The van der Waals surface area contributed by atoms with Crippen molar-refractivity contribution in [2.75, 3.05) is 6.61 Å². The number of aliphatic hydroxyl groups is 1. The topological polar surface area (TPSA) is 97.4 Å². The van der Waals surface area contributed by atoms with Gasteiger partial charge in [0, 0.05) is 6.07 Å². The van der Waals surface area contributed by atoms with E-state index in [1.165, 1.54) is 18.4 Å². The second-order valence-corrected chi connectivity index (χ2v) is 5.03. The second kappa shape index (κ2) is 6.93. The first-order valence-corrected chi connectivity index (χ1v) is 7.30. The van der Waals surface area contributed by atoms with Gasteiger partial charge in [-0.05, 0) is 30.3 Å². The Bertz CT molecular complexity index is 872. The lowest BCUT2D eigenvalue weighted by Crippen LogP contribution is -2.33. The SMILES string of the molecule is O=C(NC(CO)c1ccco1)c1ccc(=O)n(-c2ccccc2)n1. The minimum atomic E-state index is -0.689. The average molecular weight is 325 g/mol. The molecule has 3 aromatic rings. The number of nitrogens with one attached hydrogen (secondary N) is 1. The highest BCUT2D eigenvalue weighted by atomic mass is 16.3. The van der Waals surface area contributed by atoms with E-state index in [-0.39, 0.29) is 17.9 Å². The molecule has 2 heterocycles. The summed E-state index contributed by atoms with van der Waals surface area (Å²) < 4.78 is 6.33. The van der Waals surface area contributed by atoms with Crippen molar-refractivity contribution in [2.45, 2.75) is 6.04 Å². The molecular weight excluding hydrogens is 310 g/mol. The fourth-order valence-electron chi connectivity index (χ4n) is 2.21. The molecule has 24 heavy (non-hydrogen) atoms. The molecule has 1 atom stereocenters. The largest absolute Gasteiger partial charge is 0.467 e. The van der Waals surface area contributed by atoms with Crippen LogP contribution in [-0.2, 0) is 0 Å². The zero-order chi connectivity index (χ0) is 16.9. The monoisotopic (exact) mass is 325 g/mol. The highest BCUT2D eigenvalue weighted by Gasteiger charge is 2.18. The summed E-state index contributed by atoms with van der Waals surface area (Å²) in [6.45, 7) is -0.322. The summed E-state index contributed by atoms with van der Waals surface area (Å²) in [5.41, 5.74) is 0.271. The Balaban J connectivity index is 1.87. The number of benzene rings is 1. The normalized spacial score (nSPS) is 11.9. The van der Waals surface area contributed by atoms with Crippen molar-refractivity contribution in [3.63, 3.8) is 0 Å². The van der Waals surface area contributed by atoms with Gasteiger partial charge >= 0.3 is 0 Å². The molecule has 0 aliphatic rings. The van der Waals surface area contributed by atoms with Crippen molar-refractivity contribution in [3.8, 4) is 5.69 Å². The van der Waals surface area contributed by atoms with Crippen LogP contribution >= 0.6 is 0 Å². The number of nitrogens with zero attached hydrogens (tertiary/aromatic N) is 2. The third-order valence-corrected chi connectivity index (χ3v) is 3.41. The number of hydrogen-bond donors (Lipinski definition) is 2. The molecule has 3 rings (SSSR count). The van der Waals surface area contributed by atoms with Crippen LogP contribution in [0.3, 0.4) is 0 Å². The minimum absolute atomic E-state index is 0.0588. The molecule has 7 heteroatoms. The van der Waals surface area contributed by atoms with Crippen LogP contribution < -0.4 is 10.9 Å². The lowest BCUT2D eigenvalue weighted by molar-refractivity contribution is 0.0900. The van der Waals surface area contributed by atoms with Crippen LogP contribution in [0.2, 0.25) is 0 Å². The third kappa shape index (κ3) is 3.26. The van der Waals surface area contributed by atoms with Gasteiger partial charge in [-0.2, -0.15) is 9.78 Å². The lowest BCUT2D eigenvalue weighted by atomic mass is 10.2. The van der Waals surface area contributed by atoms with Crippen molar-refractivity contribution in [3.05, 3.63) is 82.7 Å². The van der Waals surface area contributed by atoms with E-state index in [1.54, 1.807) is 36.4 Å². The molecule has 0 spiro atoms. The summed E-state index contributed by atoms with van der Waals surface area (Å²) in [4.78, 5) is 24.3. The van der Waals surface area contributed by atoms with Crippen LogP contribution in [0.25, 0.3) is 5.69 Å². The molecule has 0 fully saturated rings. The predicted octanol–water partition coefficient (Wildman–Crippen LogP) is 1.29. The fraction of sp³-hybridized carbons (Fsp3) is 0.118. The van der Waals surface area contributed by atoms with E-state index in [0.717, 1.165) is 4.68 Å². The van der Waals surface area contributed by atoms with E-state index in [2.05, 4.69) is 10.4 Å². The van der Waals surface area contributed by atoms with E-state index >= 15 is 0 Å². The molecule has 1 unspecified atom stereocenters. The lowest BCUT2D eigenvalue weighted by Gasteiger charge is -2.14. The summed E-state index contributed by atoms with van der Waals surface area (Å²) >= 11 is 0. The van der Waals surface area contributed by atoms with Crippen LogP contribution in [0.4, 0.5) is 0 Å². The van der Waals surface area contributed by atoms with Gasteiger partial charge < -0.3 is 14.8 Å². The number of rotatable bonds is 5. The molecular formula is C17H15N3O4. The standard InChI is InChI=1S/C17H15N3O4/c21-11-14(15-7-4-10-24-15)18-17(23)13-8-9-16(22)20(19-13)12-5-2-1-3-6-12/h1-10,14,21H,11H2,(H,18,23). The first-order chi connectivity index (χ1) is 11.7. The summed E-state index contributed by atoms with van der Waals surface area (Å²) in [5.74, 6) is -0.0858. The molecule has 1 aromatic carbocycles. The maximum absolute atomic E-state index is 12.4. The second-order valence-electron chi connectivity index (χ2n) is 5.03. The molecule has 2 aromatic heterocycles. The zero-order valence-corrected chi connectivity index (χ0v) is 12.6. The van der Waals surface area contributed by atoms with Gasteiger partial charge in [-0.1, -0.05) is 18.2 Å². The number of aromatic nitrogens is 2. The quantitative estimate of drug-likeness (QED) is 0.737. The summed E-state index contributed by atoms with van der Waals surface area (Å²) in [6, 6.07) is 14.0. The van der Waals surface area contributed by atoms with Crippen LogP contribution in [0, 0.1) is 0 Å². The zero-order valence-electron chi connectivity index (χ0n) is 12.6. The molecule has 0 aliphatic carbocycles. The van der Waals surface area contributed by atoms with Crippen molar-refractivity contribution >= 4 is 5.91 Å². The smallest absolute Gasteiger partial charge is 0.272 e. The van der Waals surface area contributed by atoms with Crippen molar-refractivity contribution in [2.24, 2.45) is 0 Å². The number of carbonyl (C=O) groups is 1. The third-order valence-electron chi connectivity index (χ3n) is 3.41. The summed E-state index contributed by atoms with van der Waals surface area (Å²) in [6.07, 6.45) is 1.46. The molecule has 7 nitrogen and oxygen atoms in total. The van der Waals surface area contributed by atoms with E-state index in [9.17, 15) is 14.7 Å². The van der Waals surface area contributed by atoms with Gasteiger partial charge in [0.1, 0.15) is 17.5 Å². The van der Waals surface area contributed by atoms with Crippen molar-refractivity contribution < 1.29 is 14.3 Å². The first-order valence-electron chi connectivity index (χ1n) is 7.30. The predicted molar refractivity (Wildman–Crippen MR) is 85.8 cm³/mol. The van der Waals surface area contributed by atoms with Gasteiger partial charge in [-0.25, -0.2) is 0 Å². The Morgan fingerprint density at radius 1 is 1.17 bits per heavy atom. The number of carbonyl (C=O) groups excluding carboxylic acids is 1. The fourth-order valence-corrected chi connectivity index (χ4v) is 2.21. The minimum Gasteiger partial charge on any atom is -0.467 e. The Morgan fingerprint density at radius 3 is 2.62 bits per heavy atom. The molecule has 0 bridgehead atoms. The maximum Gasteiger partial charge on any atom is 0.272 e. The van der Waals surface area contributed by atoms with E-state index in [4.69, 9.17) is 4.42 Å². The number of aliphatic hydroxyl groups excluding tert-OH is 1. The number of para-hydroxylation sites is 1. The van der Waals surface area contributed by atoms with Gasteiger partial charge in [0.15, 0.2) is 0 Å². The Morgan fingerprint density at radius 2 is 1.96 bits per heavy atom. The van der Waals surface area contributed by atoms with Gasteiger partial charge in [0.05, 0.1) is 18.6 Å². The molecule has 0 radical (unpaired) electrons. The van der Waals surface area contributed by atoms with Gasteiger partial charge in [0.25, 0.3) is 11.5 Å². The van der Waals surface area contributed by atoms with Crippen molar-refractivity contribution in [1.82, 2.24) is 15.1 Å². The molecule has 122 valence electrons. The van der Waals surface area contributed by atoms with Crippen LogP contribution in [-0.4, -0.2) is 27.4 Å². The number of hydrogen-bond acceptors (Lipinski definition) is 5. The highest BCUT2D eigenvalue weighted by molar-refractivity contribution is 5.92. The van der Waals surface area contributed by atoms with Crippen LogP contribution in [0.5, 0.6) is 0 Å². The van der Waals surface area contributed by atoms with Crippen LogP contribution in [0.15, 0.2) is 70.1 Å². The average Bonchev–Trinajstić information content (AvgIpc) is 3.15. The molecule has 0 saturated carbocycles. The molecule has 1 amide bonds. The van der Waals surface area contributed by atoms with E-state index < -0.39 is 11.9 Å². The number of amides is 1. The Hall–Kier alpha value is -3.19. The van der Waals surface area contributed by atoms with Crippen LogP contribution in [0.1, 0.15) is 22.3 Å². The van der Waals surface area contributed by atoms with Gasteiger partial charge in [-0.15, -0.1) is 0 Å². The summed E-state index contributed by atoms with van der Waals surface area (Å²) in [5, 5.41) is 16.1. The Labute approximate surface area is 137 Å². The Kier molecular flexibility index (Phi) is 4.53. The summed E-state index contributed by atoms with van der Waals surface area (Å²) in [7, 11) is 0. The first kappa shape index (κ1) is 15.7. The molecule has 0 aliphatic heterocycles. The van der Waals surface area contributed by atoms with E-state index in [1.807, 2.05) is 6.07 Å². The van der Waals surface area contributed by atoms with Crippen molar-refractivity contribution in [1.29, 1.82) is 0 Å². The molecule has 2 N–H and O–H groups in total. The highest BCUT2D eigenvalue weighted by Crippen LogP contribution is 2.13. The molecule has 0 saturated heterocycles.